The SMILES string of the molecule is O=C(c1ccco1)N1CCN(C[C@H](O)COCc2ccc(Cl)cc2)CC1. The molecule has 2 aromatic rings. The number of hydrogen-bond donors (Lipinski definition) is 1. The topological polar surface area (TPSA) is 66.2 Å². The van der Waals surface area contributed by atoms with Crippen molar-refractivity contribution in [3.63, 3.8) is 0 Å². The van der Waals surface area contributed by atoms with Crippen molar-refractivity contribution < 1.29 is 19.1 Å². The van der Waals surface area contributed by atoms with Crippen molar-refractivity contribution in [3.8, 4) is 0 Å². The number of nitrogens with zero attached hydrogens (tertiary/aromatic N) is 2. The number of carbonyl (C=O) groups excluding carboxylic acids is 1. The zero-order valence-corrected chi connectivity index (χ0v) is 15.3. The molecule has 1 aliphatic heterocycles. The molecule has 1 amide bonds. The quantitative estimate of drug-likeness (QED) is 0.800. The van der Waals surface area contributed by atoms with Gasteiger partial charge in [-0.3, -0.25) is 9.69 Å². The summed E-state index contributed by atoms with van der Waals surface area (Å²) in [5.41, 5.74) is 1.02. The molecule has 1 saturated heterocycles. The van der Waals surface area contributed by atoms with Crippen LogP contribution >= 0.6 is 11.6 Å². The number of halogens is 1. The fourth-order valence-corrected chi connectivity index (χ4v) is 3.06. The molecule has 6 nitrogen and oxygen atoms in total. The number of rotatable bonds is 7. The Morgan fingerprint density at radius 3 is 2.58 bits per heavy atom. The van der Waals surface area contributed by atoms with E-state index < -0.39 is 6.10 Å². The first-order chi connectivity index (χ1) is 12.6. The number of amides is 1. The molecule has 0 spiro atoms. The minimum absolute atomic E-state index is 0.0819. The van der Waals surface area contributed by atoms with Crippen LogP contribution in [0.4, 0.5) is 0 Å². The van der Waals surface area contributed by atoms with Crippen molar-refractivity contribution in [2.45, 2.75) is 12.7 Å². The van der Waals surface area contributed by atoms with E-state index in [1.165, 1.54) is 6.26 Å². The summed E-state index contributed by atoms with van der Waals surface area (Å²) in [6.07, 6.45) is 0.943. The number of furan rings is 1. The molecule has 1 aliphatic rings. The lowest BCUT2D eigenvalue weighted by Crippen LogP contribution is -2.50. The van der Waals surface area contributed by atoms with Crippen LogP contribution < -0.4 is 0 Å². The highest BCUT2D eigenvalue weighted by Gasteiger charge is 2.24. The van der Waals surface area contributed by atoms with Gasteiger partial charge in [-0.05, 0) is 29.8 Å². The van der Waals surface area contributed by atoms with Gasteiger partial charge in [-0.1, -0.05) is 23.7 Å². The standard InChI is InChI=1S/C19H23ClN2O4/c20-16-5-3-15(4-6-16)13-25-14-17(23)12-21-7-9-22(10-8-21)19(24)18-2-1-11-26-18/h1-6,11,17,23H,7-10,12-14H2/t17-/m0/s1. The molecule has 3 rings (SSSR count). The second-order valence-corrected chi connectivity index (χ2v) is 6.80. The maximum atomic E-state index is 12.2. The monoisotopic (exact) mass is 378 g/mol. The predicted octanol–water partition coefficient (Wildman–Crippen LogP) is 2.27. The number of β-amino-alcohol motifs (C(OH)–C–C–N with tert-alkyl or cyclic N) is 1. The van der Waals surface area contributed by atoms with Crippen LogP contribution in [0.25, 0.3) is 0 Å². The van der Waals surface area contributed by atoms with Crippen molar-refractivity contribution in [1.82, 2.24) is 9.80 Å². The largest absolute Gasteiger partial charge is 0.459 e. The zero-order valence-electron chi connectivity index (χ0n) is 14.5. The lowest BCUT2D eigenvalue weighted by molar-refractivity contribution is 0.00181. The van der Waals surface area contributed by atoms with Gasteiger partial charge in [0.05, 0.1) is 25.6 Å². The second-order valence-electron chi connectivity index (χ2n) is 6.37. The first kappa shape index (κ1) is 18.9. The Bertz CT molecular complexity index is 682. The average molecular weight is 379 g/mol. The van der Waals surface area contributed by atoms with Gasteiger partial charge < -0.3 is 19.2 Å². The van der Waals surface area contributed by atoms with Crippen LogP contribution in [0.3, 0.4) is 0 Å². The first-order valence-electron chi connectivity index (χ1n) is 8.67. The Labute approximate surface area is 157 Å². The van der Waals surface area contributed by atoms with Gasteiger partial charge in [-0.15, -0.1) is 0 Å². The van der Waals surface area contributed by atoms with Crippen molar-refractivity contribution >= 4 is 17.5 Å². The Balaban J connectivity index is 1.34. The molecule has 26 heavy (non-hydrogen) atoms. The third kappa shape index (κ3) is 5.32. The molecule has 2 heterocycles. The summed E-state index contributed by atoms with van der Waals surface area (Å²) >= 11 is 5.85. The number of ether oxygens (including phenoxy) is 1. The van der Waals surface area contributed by atoms with E-state index >= 15 is 0 Å². The Kier molecular flexibility index (Phi) is 6.68. The molecule has 0 saturated carbocycles. The zero-order chi connectivity index (χ0) is 18.4. The number of aliphatic hydroxyl groups excluding tert-OH is 1. The third-order valence-electron chi connectivity index (χ3n) is 4.35. The summed E-state index contributed by atoms with van der Waals surface area (Å²) in [5.74, 6) is 0.288. The predicted molar refractivity (Wildman–Crippen MR) is 98.2 cm³/mol. The van der Waals surface area contributed by atoms with Crippen molar-refractivity contribution in [1.29, 1.82) is 0 Å². The lowest BCUT2D eigenvalue weighted by atomic mass is 10.2. The highest BCUT2D eigenvalue weighted by atomic mass is 35.5. The maximum absolute atomic E-state index is 12.2. The Hall–Kier alpha value is -1.86. The molecular weight excluding hydrogens is 356 g/mol. The van der Waals surface area contributed by atoms with Gasteiger partial charge in [0.1, 0.15) is 0 Å². The highest BCUT2D eigenvalue weighted by Crippen LogP contribution is 2.11. The first-order valence-corrected chi connectivity index (χ1v) is 9.05. The maximum Gasteiger partial charge on any atom is 0.289 e. The van der Waals surface area contributed by atoms with Crippen LogP contribution in [0.2, 0.25) is 5.02 Å². The average Bonchev–Trinajstić information content (AvgIpc) is 3.18. The third-order valence-corrected chi connectivity index (χ3v) is 4.60. The summed E-state index contributed by atoms with van der Waals surface area (Å²) in [6.45, 7) is 3.94. The fraction of sp³-hybridized carbons (Fsp3) is 0.421. The van der Waals surface area contributed by atoms with E-state index in [1.807, 2.05) is 24.3 Å². The Morgan fingerprint density at radius 2 is 1.92 bits per heavy atom. The molecule has 0 aliphatic carbocycles. The van der Waals surface area contributed by atoms with Gasteiger partial charge in [-0.25, -0.2) is 0 Å². The van der Waals surface area contributed by atoms with E-state index in [9.17, 15) is 9.90 Å². The van der Waals surface area contributed by atoms with Crippen LogP contribution in [0.5, 0.6) is 0 Å². The van der Waals surface area contributed by atoms with Gasteiger partial charge in [0.2, 0.25) is 0 Å². The van der Waals surface area contributed by atoms with E-state index in [-0.39, 0.29) is 12.5 Å². The van der Waals surface area contributed by atoms with Gasteiger partial charge in [0.15, 0.2) is 5.76 Å². The van der Waals surface area contributed by atoms with Gasteiger partial charge in [-0.2, -0.15) is 0 Å². The number of aliphatic hydroxyl groups is 1. The molecule has 0 radical (unpaired) electrons. The molecule has 7 heteroatoms. The van der Waals surface area contributed by atoms with Crippen LogP contribution in [-0.4, -0.2) is 66.2 Å². The van der Waals surface area contributed by atoms with Crippen LogP contribution in [0.15, 0.2) is 47.1 Å². The van der Waals surface area contributed by atoms with Crippen LogP contribution in [0, 0.1) is 0 Å². The summed E-state index contributed by atoms with van der Waals surface area (Å²) in [6, 6.07) is 10.8. The van der Waals surface area contributed by atoms with E-state index in [4.69, 9.17) is 20.8 Å². The molecule has 0 unspecified atom stereocenters. The smallest absolute Gasteiger partial charge is 0.289 e. The summed E-state index contributed by atoms with van der Waals surface area (Å²) in [4.78, 5) is 16.1. The fourth-order valence-electron chi connectivity index (χ4n) is 2.93. The van der Waals surface area contributed by atoms with Gasteiger partial charge >= 0.3 is 0 Å². The summed E-state index contributed by atoms with van der Waals surface area (Å²) in [5, 5.41) is 10.9. The normalized spacial score (nSPS) is 16.6. The van der Waals surface area contributed by atoms with Crippen molar-refractivity contribution in [3.05, 3.63) is 59.0 Å². The lowest BCUT2D eigenvalue weighted by Gasteiger charge is -2.35. The van der Waals surface area contributed by atoms with Gasteiger partial charge in [0.25, 0.3) is 5.91 Å². The minimum atomic E-state index is -0.561. The van der Waals surface area contributed by atoms with E-state index in [0.717, 1.165) is 18.7 Å². The molecule has 1 atom stereocenters. The molecular formula is C19H23ClN2O4. The second kappa shape index (κ2) is 9.19. The molecule has 1 aromatic carbocycles. The van der Waals surface area contributed by atoms with E-state index in [0.29, 0.717) is 37.0 Å². The highest BCUT2D eigenvalue weighted by molar-refractivity contribution is 6.30. The number of hydrogen-bond acceptors (Lipinski definition) is 5. The molecule has 1 N–H and O–H groups in total. The molecule has 1 aromatic heterocycles. The number of carbonyl (C=O) groups is 1. The minimum Gasteiger partial charge on any atom is -0.459 e. The Morgan fingerprint density at radius 1 is 1.19 bits per heavy atom. The molecule has 1 fully saturated rings. The van der Waals surface area contributed by atoms with E-state index in [2.05, 4.69) is 4.90 Å². The van der Waals surface area contributed by atoms with Gasteiger partial charge in [0, 0.05) is 37.7 Å². The summed E-state index contributed by atoms with van der Waals surface area (Å²) in [7, 11) is 0. The van der Waals surface area contributed by atoms with Crippen LogP contribution in [0.1, 0.15) is 16.1 Å². The van der Waals surface area contributed by atoms with Crippen LogP contribution in [-0.2, 0) is 11.3 Å². The summed E-state index contributed by atoms with van der Waals surface area (Å²) < 4.78 is 10.7. The number of piperazine rings is 1. The number of benzene rings is 1. The molecule has 0 bridgehead atoms. The molecule has 140 valence electrons. The van der Waals surface area contributed by atoms with Crippen molar-refractivity contribution in [2.24, 2.45) is 0 Å². The van der Waals surface area contributed by atoms with E-state index in [1.54, 1.807) is 17.0 Å². The van der Waals surface area contributed by atoms with Crippen molar-refractivity contribution in [2.75, 3.05) is 39.3 Å².